The van der Waals surface area contributed by atoms with Crippen molar-refractivity contribution in [3.8, 4) is 16.9 Å². The van der Waals surface area contributed by atoms with E-state index in [1.54, 1.807) is 19.2 Å². The number of imidazole rings is 1. The van der Waals surface area contributed by atoms with E-state index in [0.29, 0.717) is 28.7 Å². The molecule has 0 saturated heterocycles. The smallest absolute Gasteiger partial charge is 0.145 e. The lowest BCUT2D eigenvalue weighted by Crippen LogP contribution is -2.03. The third-order valence-corrected chi connectivity index (χ3v) is 5.23. The standard InChI is InChI=1S/C23H17ClFN5O/c1-31-20-9-15(14-2-5-17(25)6-3-14)8-19-22(20)27-13-28-23(19)26-10-18-12-30-11-16(24)4-7-21(30)29-18/h2-9,11-13H,10H2,1H3,(H,26,27,28). The van der Waals surface area contributed by atoms with Gasteiger partial charge in [-0.2, -0.15) is 0 Å². The minimum atomic E-state index is -0.282. The molecule has 0 radical (unpaired) electrons. The monoisotopic (exact) mass is 433 g/mol. The zero-order chi connectivity index (χ0) is 21.4. The molecule has 0 spiro atoms. The van der Waals surface area contributed by atoms with Crippen LogP contribution in [0.25, 0.3) is 27.7 Å². The molecule has 2 aromatic carbocycles. The maximum absolute atomic E-state index is 13.4. The lowest BCUT2D eigenvalue weighted by Gasteiger charge is -2.12. The first kappa shape index (κ1) is 19.3. The van der Waals surface area contributed by atoms with Crippen molar-refractivity contribution < 1.29 is 9.13 Å². The summed E-state index contributed by atoms with van der Waals surface area (Å²) in [5.74, 6) is 0.989. The number of pyridine rings is 1. The van der Waals surface area contributed by atoms with Crippen LogP contribution in [0.1, 0.15) is 5.69 Å². The molecule has 5 aromatic rings. The normalized spacial score (nSPS) is 11.2. The first-order valence-corrected chi connectivity index (χ1v) is 9.94. The number of aromatic nitrogens is 4. The van der Waals surface area contributed by atoms with Crippen LogP contribution in [0.15, 0.2) is 67.3 Å². The second-order valence-electron chi connectivity index (χ2n) is 7.00. The maximum atomic E-state index is 13.4. The Balaban J connectivity index is 1.52. The van der Waals surface area contributed by atoms with Crippen molar-refractivity contribution in [1.29, 1.82) is 0 Å². The molecule has 0 saturated carbocycles. The average molecular weight is 434 g/mol. The fraction of sp³-hybridized carbons (Fsp3) is 0.0870. The Bertz CT molecular complexity index is 1400. The molecule has 31 heavy (non-hydrogen) atoms. The Morgan fingerprint density at radius 1 is 1.03 bits per heavy atom. The van der Waals surface area contributed by atoms with Crippen molar-refractivity contribution >= 4 is 34.0 Å². The molecular weight excluding hydrogens is 417 g/mol. The van der Waals surface area contributed by atoms with Crippen LogP contribution in [0, 0.1) is 5.82 Å². The van der Waals surface area contributed by atoms with Crippen molar-refractivity contribution in [1.82, 2.24) is 19.4 Å². The summed E-state index contributed by atoms with van der Waals surface area (Å²) in [6, 6.07) is 13.9. The maximum Gasteiger partial charge on any atom is 0.145 e. The minimum absolute atomic E-state index is 0.282. The van der Waals surface area contributed by atoms with Gasteiger partial charge in [-0.25, -0.2) is 19.3 Å². The van der Waals surface area contributed by atoms with Gasteiger partial charge >= 0.3 is 0 Å². The molecule has 154 valence electrons. The number of nitrogens with one attached hydrogen (secondary N) is 1. The third kappa shape index (κ3) is 3.75. The van der Waals surface area contributed by atoms with Crippen LogP contribution in [0.2, 0.25) is 5.02 Å². The van der Waals surface area contributed by atoms with Crippen LogP contribution in [0.3, 0.4) is 0 Å². The van der Waals surface area contributed by atoms with Crippen molar-refractivity contribution in [3.63, 3.8) is 0 Å². The van der Waals surface area contributed by atoms with Gasteiger partial charge in [0.1, 0.15) is 34.9 Å². The molecule has 8 heteroatoms. The molecule has 0 fully saturated rings. The Hall–Kier alpha value is -3.71. The SMILES string of the molecule is COc1cc(-c2ccc(F)cc2)cc2c(NCc3cn4cc(Cl)ccc4n3)ncnc12. The minimum Gasteiger partial charge on any atom is -0.494 e. The molecule has 3 heterocycles. The van der Waals surface area contributed by atoms with E-state index in [-0.39, 0.29) is 5.82 Å². The van der Waals surface area contributed by atoms with Gasteiger partial charge in [-0.15, -0.1) is 0 Å². The van der Waals surface area contributed by atoms with Crippen molar-refractivity contribution in [2.24, 2.45) is 0 Å². The number of halogens is 2. The van der Waals surface area contributed by atoms with E-state index in [1.165, 1.54) is 18.5 Å². The largest absolute Gasteiger partial charge is 0.494 e. The molecule has 0 bridgehead atoms. The summed E-state index contributed by atoms with van der Waals surface area (Å²) in [6.45, 7) is 0.467. The number of methoxy groups -OCH3 is 1. The highest BCUT2D eigenvalue weighted by Gasteiger charge is 2.13. The lowest BCUT2D eigenvalue weighted by molar-refractivity contribution is 0.419. The molecule has 3 aromatic heterocycles. The van der Waals surface area contributed by atoms with E-state index in [2.05, 4.69) is 20.3 Å². The van der Waals surface area contributed by atoms with Crippen LogP contribution in [0.4, 0.5) is 10.2 Å². The van der Waals surface area contributed by atoms with E-state index in [9.17, 15) is 4.39 Å². The molecule has 0 amide bonds. The number of benzene rings is 2. The number of anilines is 1. The van der Waals surface area contributed by atoms with E-state index in [0.717, 1.165) is 27.9 Å². The predicted molar refractivity (Wildman–Crippen MR) is 119 cm³/mol. The zero-order valence-corrected chi connectivity index (χ0v) is 17.3. The number of rotatable bonds is 5. The van der Waals surface area contributed by atoms with Gasteiger partial charge in [0.2, 0.25) is 0 Å². The Morgan fingerprint density at radius 2 is 1.87 bits per heavy atom. The Kier molecular flexibility index (Phi) is 4.88. The van der Waals surface area contributed by atoms with Crippen molar-refractivity contribution in [2.75, 3.05) is 12.4 Å². The highest BCUT2D eigenvalue weighted by molar-refractivity contribution is 6.30. The van der Waals surface area contributed by atoms with Gasteiger partial charge in [0.15, 0.2) is 0 Å². The number of ether oxygens (including phenoxy) is 1. The topological polar surface area (TPSA) is 64.3 Å². The quantitative estimate of drug-likeness (QED) is 0.404. The first-order valence-electron chi connectivity index (χ1n) is 9.56. The predicted octanol–water partition coefficient (Wildman–Crippen LogP) is 5.36. The van der Waals surface area contributed by atoms with Gasteiger partial charge in [0.25, 0.3) is 0 Å². The van der Waals surface area contributed by atoms with Crippen LogP contribution < -0.4 is 10.1 Å². The second kappa shape index (κ2) is 7.85. The summed E-state index contributed by atoms with van der Waals surface area (Å²) in [5, 5.41) is 4.79. The van der Waals surface area contributed by atoms with Crippen LogP contribution in [-0.2, 0) is 6.54 Å². The summed E-state index contributed by atoms with van der Waals surface area (Å²) in [4.78, 5) is 13.4. The van der Waals surface area contributed by atoms with Crippen molar-refractivity contribution in [3.05, 3.63) is 83.8 Å². The molecule has 0 unspecified atom stereocenters. The summed E-state index contributed by atoms with van der Waals surface area (Å²) < 4.78 is 20.8. The van der Waals surface area contributed by atoms with E-state index < -0.39 is 0 Å². The highest BCUT2D eigenvalue weighted by atomic mass is 35.5. The number of hydrogen-bond acceptors (Lipinski definition) is 5. The zero-order valence-electron chi connectivity index (χ0n) is 16.5. The first-order chi connectivity index (χ1) is 15.1. The third-order valence-electron chi connectivity index (χ3n) is 5.00. The summed E-state index contributed by atoms with van der Waals surface area (Å²) in [7, 11) is 1.60. The molecule has 0 aliphatic rings. The van der Waals surface area contributed by atoms with Crippen molar-refractivity contribution in [2.45, 2.75) is 6.54 Å². The molecule has 5 rings (SSSR count). The van der Waals surface area contributed by atoms with E-state index in [4.69, 9.17) is 16.3 Å². The molecule has 6 nitrogen and oxygen atoms in total. The fourth-order valence-electron chi connectivity index (χ4n) is 3.52. The van der Waals surface area contributed by atoms with E-state index >= 15 is 0 Å². The Morgan fingerprint density at radius 3 is 2.68 bits per heavy atom. The van der Waals surface area contributed by atoms with Gasteiger partial charge in [0, 0.05) is 17.8 Å². The Labute approximate surface area is 182 Å². The number of hydrogen-bond donors (Lipinski definition) is 1. The molecule has 1 N–H and O–H groups in total. The summed E-state index contributed by atoms with van der Waals surface area (Å²) >= 11 is 6.05. The van der Waals surface area contributed by atoms with Crippen LogP contribution in [-0.4, -0.2) is 26.5 Å². The van der Waals surface area contributed by atoms with Gasteiger partial charge in [-0.3, -0.25) is 0 Å². The van der Waals surface area contributed by atoms with Gasteiger partial charge in [-0.05, 0) is 47.5 Å². The highest BCUT2D eigenvalue weighted by Crippen LogP contribution is 2.34. The average Bonchev–Trinajstić information content (AvgIpc) is 3.19. The number of nitrogens with zero attached hydrogens (tertiary/aromatic N) is 4. The number of fused-ring (bicyclic) bond motifs is 2. The van der Waals surface area contributed by atoms with Crippen LogP contribution in [0.5, 0.6) is 5.75 Å². The molecular formula is C23H17ClFN5O. The fourth-order valence-corrected chi connectivity index (χ4v) is 3.69. The summed E-state index contributed by atoms with van der Waals surface area (Å²) in [5.41, 5.74) is 4.09. The van der Waals surface area contributed by atoms with E-state index in [1.807, 2.05) is 41.1 Å². The summed E-state index contributed by atoms with van der Waals surface area (Å²) in [6.07, 6.45) is 5.23. The van der Waals surface area contributed by atoms with Gasteiger partial charge in [-0.1, -0.05) is 23.7 Å². The lowest BCUT2D eigenvalue weighted by atomic mass is 10.0. The molecule has 0 aliphatic heterocycles. The second-order valence-corrected chi connectivity index (χ2v) is 7.44. The molecule has 0 aliphatic carbocycles. The van der Waals surface area contributed by atoms with Gasteiger partial charge < -0.3 is 14.5 Å². The van der Waals surface area contributed by atoms with Crippen LogP contribution >= 0.6 is 11.6 Å². The molecule has 0 atom stereocenters. The van der Waals surface area contributed by atoms with Gasteiger partial charge in [0.05, 0.1) is 24.4 Å².